The summed E-state index contributed by atoms with van der Waals surface area (Å²) in [6.45, 7) is 1.86. The molecule has 0 aliphatic carbocycles. The number of amides is 2. The second-order valence-electron chi connectivity index (χ2n) is 11.6. The van der Waals surface area contributed by atoms with Crippen molar-refractivity contribution in [2.24, 2.45) is 5.10 Å². The maximum absolute atomic E-state index is 13.3. The quantitative estimate of drug-likeness (QED) is 0.0229. The van der Waals surface area contributed by atoms with Gasteiger partial charge in [0.25, 0.3) is 32.1 Å². The van der Waals surface area contributed by atoms with Gasteiger partial charge in [-0.2, -0.15) is 21.9 Å². The summed E-state index contributed by atoms with van der Waals surface area (Å²) in [7, 11) is -8.07. The van der Waals surface area contributed by atoms with E-state index >= 15 is 0 Å². The predicted molar refractivity (Wildman–Crippen MR) is 232 cm³/mol. The number of hydrogen-bond acceptors (Lipinski definition) is 11. The van der Waals surface area contributed by atoms with E-state index in [9.17, 15) is 40.6 Å². The molecule has 10 N–H and O–H groups in total. The number of phenolic OH excluding ortho intramolecular Hbond substituents is 1. The first kappa shape index (κ1) is 44.7. The number of thiocarbonyl (C=S) groups is 2. The van der Waals surface area contributed by atoms with E-state index in [4.69, 9.17) is 24.4 Å². The van der Waals surface area contributed by atoms with Crippen LogP contribution in [-0.2, 0) is 29.8 Å². The molecule has 0 saturated carbocycles. The molecule has 4 rings (SSSR count). The van der Waals surface area contributed by atoms with Crippen LogP contribution in [0.4, 0.5) is 17.1 Å². The van der Waals surface area contributed by atoms with E-state index in [0.717, 1.165) is 17.7 Å². The highest BCUT2D eigenvalue weighted by molar-refractivity contribution is 9.11. The van der Waals surface area contributed by atoms with Crippen LogP contribution in [0, 0.1) is 6.92 Å². The fraction of sp³-hybridized carbons (Fsp3) is 0.0882. The second kappa shape index (κ2) is 19.4. The van der Waals surface area contributed by atoms with Gasteiger partial charge in [-0.05, 0) is 128 Å². The van der Waals surface area contributed by atoms with E-state index in [1.165, 1.54) is 42.6 Å². The van der Waals surface area contributed by atoms with Crippen molar-refractivity contribution < 1.29 is 40.6 Å². The first-order chi connectivity index (χ1) is 26.7. The van der Waals surface area contributed by atoms with Gasteiger partial charge in [-0.1, -0.05) is 42.0 Å². The molecule has 0 fully saturated rings. The van der Waals surface area contributed by atoms with E-state index in [2.05, 4.69) is 74.5 Å². The van der Waals surface area contributed by atoms with Gasteiger partial charge in [-0.15, -0.1) is 0 Å². The van der Waals surface area contributed by atoms with Crippen LogP contribution in [0.1, 0.15) is 22.3 Å². The molecule has 0 aliphatic rings. The van der Waals surface area contributed by atoms with E-state index in [1.54, 1.807) is 43.4 Å². The van der Waals surface area contributed by atoms with Crippen molar-refractivity contribution in [1.29, 1.82) is 0 Å². The Morgan fingerprint density at radius 3 is 1.72 bits per heavy atom. The van der Waals surface area contributed by atoms with Crippen LogP contribution in [0.5, 0.6) is 5.75 Å². The number of hydrogen-bond donors (Lipinski definition) is 10. The van der Waals surface area contributed by atoms with Gasteiger partial charge < -0.3 is 26.4 Å². The van der Waals surface area contributed by atoms with Crippen molar-refractivity contribution in [3.8, 4) is 5.75 Å². The minimum Gasteiger partial charge on any atom is -0.506 e. The molecule has 23 heteroatoms. The summed E-state index contributed by atoms with van der Waals surface area (Å²) in [5.74, 6) is -1.79. The highest BCUT2D eigenvalue weighted by Crippen LogP contribution is 2.33. The third-order valence-corrected chi connectivity index (χ3v) is 10.9. The maximum Gasteiger partial charge on any atom is 0.295 e. The summed E-state index contributed by atoms with van der Waals surface area (Å²) in [4.78, 5) is 25.4. The average molecular weight is 985 g/mol. The smallest absolute Gasteiger partial charge is 0.295 e. The molecule has 4 aromatic rings. The van der Waals surface area contributed by atoms with Crippen molar-refractivity contribution in [3.05, 3.63) is 104 Å². The lowest BCUT2D eigenvalue weighted by Gasteiger charge is -2.19. The highest BCUT2D eigenvalue weighted by atomic mass is 79.9. The number of carbonyl (C=O) groups is 2. The zero-order valence-corrected chi connectivity index (χ0v) is 35.8. The third kappa shape index (κ3) is 13.0. The number of rotatable bonds is 12. The molecule has 0 aliphatic heterocycles. The molecule has 2 amide bonds. The van der Waals surface area contributed by atoms with Gasteiger partial charge in [0, 0.05) is 24.1 Å². The highest BCUT2D eigenvalue weighted by Gasteiger charge is 2.27. The van der Waals surface area contributed by atoms with Crippen molar-refractivity contribution in [2.45, 2.75) is 22.8 Å². The summed E-state index contributed by atoms with van der Waals surface area (Å²) >= 11 is 16.7. The number of hydrazine groups is 1. The molecule has 300 valence electrons. The minimum atomic E-state index is -4.87. The van der Waals surface area contributed by atoms with Crippen LogP contribution in [0.3, 0.4) is 0 Å². The SMILES string of the molecule is CNC(=S)Nc1ccc(/C=C/c2ccc(NC(=S)NNC(=O)C(Nc3ccc(C)cc3)C(=O)N/N=C/c3cc(Br)c(O)c(Br)c3)cc2S(=O)(=O)O)c(S(=O)(=O)O)c1. The molecular weight excluding hydrogens is 952 g/mol. The Labute approximate surface area is 354 Å². The lowest BCUT2D eigenvalue weighted by molar-refractivity contribution is -0.130. The first-order valence-corrected chi connectivity index (χ1v) is 21.1. The van der Waals surface area contributed by atoms with Gasteiger partial charge in [0.05, 0.1) is 15.2 Å². The first-order valence-electron chi connectivity index (χ1n) is 15.9. The van der Waals surface area contributed by atoms with Crippen molar-refractivity contribution in [2.75, 3.05) is 23.0 Å². The zero-order valence-electron chi connectivity index (χ0n) is 29.4. The maximum atomic E-state index is 13.3. The lowest BCUT2D eigenvalue weighted by atomic mass is 10.1. The van der Waals surface area contributed by atoms with E-state index in [-0.39, 0.29) is 38.5 Å². The largest absolute Gasteiger partial charge is 0.506 e. The number of anilines is 3. The number of halogens is 2. The Bertz CT molecular complexity index is 2480. The molecule has 17 nitrogen and oxygen atoms in total. The van der Waals surface area contributed by atoms with Gasteiger partial charge in [-0.25, -0.2) is 5.43 Å². The van der Waals surface area contributed by atoms with Gasteiger partial charge in [0.15, 0.2) is 16.3 Å². The monoisotopic (exact) mass is 982 g/mol. The van der Waals surface area contributed by atoms with Crippen LogP contribution >= 0.6 is 56.3 Å². The summed E-state index contributed by atoms with van der Waals surface area (Å²) in [5.41, 5.74) is 9.07. The summed E-state index contributed by atoms with van der Waals surface area (Å²) < 4.78 is 69.6. The standard InChI is InChI=1S/C34H32Br2N8O9S4/c1-18-3-9-22(10-4-18)39-29(31(46)42-38-17-19-13-25(35)30(45)26(36)14-19)32(47)43-44-34(55)41-24-12-8-21(28(16-24)57(51,52)53)6-5-20-7-11-23(40-33(54)37-2)15-27(20)56(48,49)50/h3-17,29,39,45H,1-2H3,(H,42,46)(H,43,47)(H2,37,40,54)(H2,41,44,55)(H,48,49,50)(H,51,52,53)/b6-5+,38-17+. The summed E-state index contributed by atoms with van der Waals surface area (Å²) in [6, 6.07) is 16.0. The van der Waals surface area contributed by atoms with Crippen LogP contribution in [-0.4, -0.2) is 72.4 Å². The van der Waals surface area contributed by atoms with Crippen molar-refractivity contribution in [3.63, 3.8) is 0 Å². The Balaban J connectivity index is 1.49. The summed E-state index contributed by atoms with van der Waals surface area (Å²) in [5, 5.41) is 24.7. The fourth-order valence-corrected chi connectivity index (χ4v) is 7.56. The molecule has 1 unspecified atom stereocenters. The number of nitrogens with zero attached hydrogens (tertiary/aromatic N) is 1. The van der Waals surface area contributed by atoms with Crippen LogP contribution in [0.25, 0.3) is 12.2 Å². The van der Waals surface area contributed by atoms with Crippen LogP contribution < -0.4 is 37.5 Å². The molecule has 0 radical (unpaired) electrons. The number of benzene rings is 4. The molecule has 4 aromatic carbocycles. The van der Waals surface area contributed by atoms with Gasteiger partial charge in [-0.3, -0.25) is 29.5 Å². The van der Waals surface area contributed by atoms with Crippen LogP contribution in [0.2, 0.25) is 0 Å². The number of nitrogens with one attached hydrogen (secondary N) is 7. The van der Waals surface area contributed by atoms with E-state index < -0.39 is 47.9 Å². The molecule has 57 heavy (non-hydrogen) atoms. The normalized spacial score (nSPS) is 12.1. The van der Waals surface area contributed by atoms with Gasteiger partial charge >= 0.3 is 0 Å². The van der Waals surface area contributed by atoms with Crippen molar-refractivity contribution >= 4 is 134 Å². The number of hydrazone groups is 1. The Morgan fingerprint density at radius 1 is 0.737 bits per heavy atom. The van der Waals surface area contributed by atoms with Crippen LogP contribution in [0.15, 0.2) is 96.6 Å². The summed E-state index contributed by atoms with van der Waals surface area (Å²) in [6.07, 6.45) is 3.72. The minimum absolute atomic E-state index is 0.0162. The average Bonchev–Trinajstić information content (AvgIpc) is 3.14. The number of aromatic hydroxyl groups is 1. The second-order valence-corrected chi connectivity index (χ2v) is 16.9. The fourth-order valence-electron chi connectivity index (χ4n) is 4.63. The molecule has 0 saturated heterocycles. The number of carbonyl (C=O) groups excluding carboxylic acids is 2. The Hall–Kier alpha value is -5.01. The molecule has 0 bridgehead atoms. The Morgan fingerprint density at radius 2 is 1.23 bits per heavy atom. The lowest BCUT2D eigenvalue weighted by Crippen LogP contribution is -2.54. The zero-order chi connectivity index (χ0) is 42.1. The molecule has 1 atom stereocenters. The molecular formula is C34H32Br2N8O9S4. The molecule has 0 aromatic heterocycles. The predicted octanol–water partition coefficient (Wildman–Crippen LogP) is 4.75. The Kier molecular flexibility index (Phi) is 15.2. The van der Waals surface area contributed by atoms with Gasteiger partial charge in [0.2, 0.25) is 0 Å². The van der Waals surface area contributed by atoms with Gasteiger partial charge in [0.1, 0.15) is 15.5 Å². The number of aryl methyl sites for hydroxylation is 1. The topological polar surface area (TPSA) is 260 Å². The van der Waals surface area contributed by atoms with E-state index in [0.29, 0.717) is 20.2 Å². The molecule has 0 spiro atoms. The van der Waals surface area contributed by atoms with E-state index in [1.807, 2.05) is 6.92 Å². The van der Waals surface area contributed by atoms with Crippen molar-refractivity contribution in [1.82, 2.24) is 21.6 Å². The number of phenols is 1. The molecule has 0 heterocycles. The third-order valence-electron chi connectivity index (χ3n) is 7.38.